The second kappa shape index (κ2) is 7.32. The molecular weight excluding hydrogens is 296 g/mol. The largest absolute Gasteiger partial charge is 0.444 e. The Morgan fingerprint density at radius 3 is 2.27 bits per heavy atom. The van der Waals surface area contributed by atoms with Gasteiger partial charge in [-0.1, -0.05) is 20.8 Å². The first-order valence-corrected chi connectivity index (χ1v) is 11.1. The Labute approximate surface area is 137 Å². The number of carbonyl (C=O) groups is 1. The Kier molecular flexibility index (Phi) is 6.47. The van der Waals surface area contributed by atoms with Crippen LogP contribution in [0, 0.1) is 5.41 Å². The summed E-state index contributed by atoms with van der Waals surface area (Å²) in [5, 5.41) is 3.39. The molecule has 2 atom stereocenters. The van der Waals surface area contributed by atoms with Gasteiger partial charge in [-0.25, -0.2) is 4.79 Å². The van der Waals surface area contributed by atoms with Crippen LogP contribution in [0.4, 0.5) is 4.79 Å². The third-order valence-electron chi connectivity index (χ3n) is 3.53. The first kappa shape index (κ1) is 19.5. The van der Waals surface area contributed by atoms with Crippen LogP contribution in [0.3, 0.4) is 0 Å². The van der Waals surface area contributed by atoms with E-state index in [1.165, 1.54) is 0 Å². The van der Waals surface area contributed by atoms with Gasteiger partial charge in [-0.2, -0.15) is 0 Å². The van der Waals surface area contributed by atoms with Crippen molar-refractivity contribution in [2.45, 2.75) is 72.4 Å². The molecular formula is C16H34N2O3Si. The lowest BCUT2D eigenvalue weighted by Crippen LogP contribution is -2.62. The third kappa shape index (κ3) is 5.89. The van der Waals surface area contributed by atoms with Crippen LogP contribution >= 0.6 is 0 Å². The van der Waals surface area contributed by atoms with Gasteiger partial charge in [0.15, 0.2) is 9.04 Å². The zero-order valence-electron chi connectivity index (χ0n) is 15.5. The molecule has 0 aromatic carbocycles. The van der Waals surface area contributed by atoms with Crippen molar-refractivity contribution in [3.8, 4) is 0 Å². The molecule has 1 aliphatic rings. The Morgan fingerprint density at radius 2 is 1.82 bits per heavy atom. The number of carbonyl (C=O) groups excluding carboxylic acids is 1. The smallest absolute Gasteiger partial charge is 0.410 e. The standard InChI is InChI=1S/C16H34N2O3Si/c1-15(2,3)13(21-22(7)8)12-11-17-9-10-18(12)14(19)20-16(4,5)6/h12-13,17,22H,9-11H2,1-8H3/t12-,13+/m1/s1. The van der Waals surface area contributed by atoms with Crippen LogP contribution in [0.15, 0.2) is 0 Å². The van der Waals surface area contributed by atoms with Crippen molar-refractivity contribution in [3.63, 3.8) is 0 Å². The second-order valence-electron chi connectivity index (χ2n) is 8.42. The molecule has 22 heavy (non-hydrogen) atoms. The maximum atomic E-state index is 12.6. The average Bonchev–Trinajstić information content (AvgIpc) is 2.32. The fourth-order valence-electron chi connectivity index (χ4n) is 2.71. The highest BCUT2D eigenvalue weighted by Crippen LogP contribution is 2.29. The molecule has 0 aromatic rings. The molecule has 0 aromatic heterocycles. The molecule has 1 rings (SSSR count). The summed E-state index contributed by atoms with van der Waals surface area (Å²) in [6.07, 6.45) is -0.221. The molecule has 0 aliphatic carbocycles. The minimum Gasteiger partial charge on any atom is -0.444 e. The van der Waals surface area contributed by atoms with Gasteiger partial charge in [0.05, 0.1) is 12.1 Å². The summed E-state index contributed by atoms with van der Waals surface area (Å²) in [4.78, 5) is 14.4. The number of nitrogens with one attached hydrogen (secondary N) is 1. The van der Waals surface area contributed by atoms with E-state index in [9.17, 15) is 4.79 Å². The monoisotopic (exact) mass is 330 g/mol. The highest BCUT2D eigenvalue weighted by Gasteiger charge is 2.41. The molecule has 0 unspecified atom stereocenters. The molecule has 130 valence electrons. The maximum absolute atomic E-state index is 12.6. The highest BCUT2D eigenvalue weighted by atomic mass is 28.3. The molecule has 0 bridgehead atoms. The molecule has 1 N–H and O–H groups in total. The summed E-state index contributed by atoms with van der Waals surface area (Å²) in [7, 11) is -1.21. The minimum absolute atomic E-state index is 0.0125. The first-order valence-electron chi connectivity index (χ1n) is 8.27. The van der Waals surface area contributed by atoms with Gasteiger partial charge in [0.2, 0.25) is 0 Å². The van der Waals surface area contributed by atoms with Crippen LogP contribution < -0.4 is 5.32 Å². The van der Waals surface area contributed by atoms with Gasteiger partial charge in [-0.3, -0.25) is 0 Å². The van der Waals surface area contributed by atoms with Crippen LogP contribution in [-0.2, 0) is 9.16 Å². The van der Waals surface area contributed by atoms with Crippen LogP contribution in [-0.4, -0.2) is 57.4 Å². The number of rotatable bonds is 3. The second-order valence-corrected chi connectivity index (χ2v) is 10.8. The summed E-state index contributed by atoms with van der Waals surface area (Å²) < 4.78 is 11.9. The summed E-state index contributed by atoms with van der Waals surface area (Å²) in [6, 6.07) is 0.0125. The van der Waals surface area contributed by atoms with Gasteiger partial charge in [0.1, 0.15) is 5.60 Å². The normalized spacial score (nSPS) is 21.9. The molecule has 5 nitrogen and oxygen atoms in total. The number of ether oxygens (including phenoxy) is 1. The topological polar surface area (TPSA) is 50.8 Å². The first-order chi connectivity index (χ1) is 9.92. The highest BCUT2D eigenvalue weighted by molar-refractivity contribution is 6.48. The van der Waals surface area contributed by atoms with Crippen molar-refractivity contribution in [3.05, 3.63) is 0 Å². The predicted molar refractivity (Wildman–Crippen MR) is 92.8 cm³/mol. The van der Waals surface area contributed by atoms with E-state index in [-0.39, 0.29) is 23.7 Å². The molecule has 0 saturated carbocycles. The van der Waals surface area contributed by atoms with Gasteiger partial charge < -0.3 is 19.4 Å². The SMILES string of the molecule is C[SiH](C)O[C@@H]([C@H]1CNCCN1C(=O)OC(C)(C)C)C(C)(C)C. The summed E-state index contributed by atoms with van der Waals surface area (Å²) in [5.74, 6) is 0. The van der Waals surface area contributed by atoms with Crippen LogP contribution in [0.5, 0.6) is 0 Å². The van der Waals surface area contributed by atoms with Gasteiger partial charge in [-0.05, 0) is 39.3 Å². The predicted octanol–water partition coefficient (Wildman–Crippen LogP) is 2.61. The summed E-state index contributed by atoms with van der Waals surface area (Å²) >= 11 is 0. The quantitative estimate of drug-likeness (QED) is 0.808. The Morgan fingerprint density at radius 1 is 1.23 bits per heavy atom. The van der Waals surface area contributed by atoms with Crippen LogP contribution in [0.2, 0.25) is 13.1 Å². The van der Waals surface area contributed by atoms with E-state index < -0.39 is 14.6 Å². The van der Waals surface area contributed by atoms with Gasteiger partial charge >= 0.3 is 6.09 Å². The fourth-order valence-corrected chi connectivity index (χ4v) is 3.88. The Bertz CT molecular complexity index is 375. The van der Waals surface area contributed by atoms with Gasteiger partial charge in [0.25, 0.3) is 0 Å². The Hall–Kier alpha value is -0.593. The van der Waals surface area contributed by atoms with Crippen molar-refractivity contribution < 1.29 is 14.0 Å². The minimum atomic E-state index is -1.21. The lowest BCUT2D eigenvalue weighted by molar-refractivity contribution is -0.0324. The van der Waals surface area contributed by atoms with Crippen molar-refractivity contribution in [2.75, 3.05) is 19.6 Å². The van der Waals surface area contributed by atoms with E-state index in [0.717, 1.165) is 13.1 Å². The van der Waals surface area contributed by atoms with Crippen LogP contribution in [0.25, 0.3) is 0 Å². The van der Waals surface area contributed by atoms with Crippen molar-refractivity contribution >= 4 is 15.1 Å². The van der Waals surface area contributed by atoms with Crippen molar-refractivity contribution in [1.29, 1.82) is 0 Å². The molecule has 6 heteroatoms. The van der Waals surface area contributed by atoms with E-state index in [2.05, 4.69) is 39.2 Å². The molecule has 1 aliphatic heterocycles. The summed E-state index contributed by atoms with van der Waals surface area (Å²) in [5.41, 5.74) is -0.501. The fraction of sp³-hybridized carbons (Fsp3) is 0.938. The van der Waals surface area contributed by atoms with Crippen molar-refractivity contribution in [1.82, 2.24) is 10.2 Å². The number of hydrogen-bond donors (Lipinski definition) is 1. The molecule has 1 amide bonds. The van der Waals surface area contributed by atoms with E-state index >= 15 is 0 Å². The van der Waals surface area contributed by atoms with Gasteiger partial charge in [-0.15, -0.1) is 0 Å². The maximum Gasteiger partial charge on any atom is 0.410 e. The summed E-state index contributed by atoms with van der Waals surface area (Å²) in [6.45, 7) is 18.8. The molecule has 1 fully saturated rings. The molecule has 0 radical (unpaired) electrons. The zero-order chi connectivity index (χ0) is 17.1. The van der Waals surface area contributed by atoms with Crippen molar-refractivity contribution in [2.24, 2.45) is 5.41 Å². The van der Waals surface area contributed by atoms with Gasteiger partial charge in [0, 0.05) is 19.6 Å². The number of piperazine rings is 1. The number of hydrogen-bond acceptors (Lipinski definition) is 4. The number of nitrogens with zero attached hydrogens (tertiary/aromatic N) is 1. The Balaban J connectivity index is 2.96. The average molecular weight is 331 g/mol. The third-order valence-corrected chi connectivity index (χ3v) is 4.37. The number of amides is 1. The molecule has 1 heterocycles. The lowest BCUT2D eigenvalue weighted by Gasteiger charge is -2.46. The van der Waals surface area contributed by atoms with E-state index in [1.807, 2.05) is 25.7 Å². The van der Waals surface area contributed by atoms with E-state index in [4.69, 9.17) is 9.16 Å². The van der Waals surface area contributed by atoms with E-state index in [1.54, 1.807) is 0 Å². The van der Waals surface area contributed by atoms with E-state index in [0.29, 0.717) is 6.54 Å². The lowest BCUT2D eigenvalue weighted by atomic mass is 9.83. The zero-order valence-corrected chi connectivity index (χ0v) is 16.7. The van der Waals surface area contributed by atoms with Crippen LogP contribution in [0.1, 0.15) is 41.5 Å². The molecule has 0 spiro atoms. The molecule has 1 saturated heterocycles.